The molecule has 1 amide bonds. The van der Waals surface area contributed by atoms with Crippen LogP contribution in [-0.2, 0) is 17.9 Å². The fourth-order valence-electron chi connectivity index (χ4n) is 4.63. The summed E-state index contributed by atoms with van der Waals surface area (Å²) in [5.41, 5.74) is 4.56. The number of rotatable bonds is 2. The summed E-state index contributed by atoms with van der Waals surface area (Å²) in [4.78, 5) is 24.5. The van der Waals surface area contributed by atoms with Gasteiger partial charge in [0.2, 0.25) is 11.9 Å². The van der Waals surface area contributed by atoms with Crippen molar-refractivity contribution in [2.75, 3.05) is 26.1 Å². The number of hydrogen-bond donors (Lipinski definition) is 2. The lowest BCUT2D eigenvalue weighted by atomic mass is 10.1. The van der Waals surface area contributed by atoms with E-state index in [1.807, 2.05) is 30.3 Å². The molecule has 1 aromatic heterocycles. The third-order valence-electron chi connectivity index (χ3n) is 6.20. The molecule has 0 radical (unpaired) electrons. The second kappa shape index (κ2) is 9.07. The van der Waals surface area contributed by atoms with Gasteiger partial charge >= 0.3 is 0 Å². The van der Waals surface area contributed by atoms with Crippen LogP contribution in [-0.4, -0.2) is 47.6 Å². The molecule has 1 fully saturated rings. The van der Waals surface area contributed by atoms with Crippen LogP contribution in [0.3, 0.4) is 0 Å². The predicted octanol–water partition coefficient (Wildman–Crippen LogP) is 3.50. The summed E-state index contributed by atoms with van der Waals surface area (Å²) in [6, 6.07) is 13.8. The van der Waals surface area contributed by atoms with Crippen molar-refractivity contribution < 1.29 is 14.3 Å². The normalized spacial score (nSPS) is 18.1. The summed E-state index contributed by atoms with van der Waals surface area (Å²) in [7, 11) is 3.19. The van der Waals surface area contributed by atoms with Gasteiger partial charge in [0.1, 0.15) is 0 Å². The van der Waals surface area contributed by atoms with Crippen LogP contribution in [0, 0.1) is 0 Å². The molecule has 2 aliphatic heterocycles. The highest BCUT2D eigenvalue weighted by molar-refractivity contribution is 5.82. The highest BCUT2D eigenvalue weighted by Gasteiger charge is 2.30. The van der Waals surface area contributed by atoms with Gasteiger partial charge in [-0.1, -0.05) is 18.2 Å². The number of ether oxygens (including phenoxy) is 2. The number of aromatic nitrogens is 2. The smallest absolute Gasteiger partial charge is 0.237 e. The number of anilines is 2. The number of hydrogen-bond acceptors (Lipinski definition) is 7. The third-order valence-corrected chi connectivity index (χ3v) is 6.20. The molecule has 0 saturated carbocycles. The number of amides is 1. The first-order valence-electron chi connectivity index (χ1n) is 11.1. The first-order valence-corrected chi connectivity index (χ1v) is 11.1. The zero-order chi connectivity index (χ0) is 22.8. The van der Waals surface area contributed by atoms with Crippen molar-refractivity contribution in [3.63, 3.8) is 0 Å². The van der Waals surface area contributed by atoms with Crippen LogP contribution in [0.15, 0.2) is 48.7 Å². The van der Waals surface area contributed by atoms with Crippen LogP contribution >= 0.6 is 0 Å². The van der Waals surface area contributed by atoms with Gasteiger partial charge in [-0.05, 0) is 43.1 Å². The molecular weight excluding hydrogens is 418 g/mol. The predicted molar refractivity (Wildman–Crippen MR) is 126 cm³/mol. The van der Waals surface area contributed by atoms with Crippen molar-refractivity contribution in [1.82, 2.24) is 20.2 Å². The third kappa shape index (κ3) is 4.34. The lowest BCUT2D eigenvalue weighted by Gasteiger charge is -2.24. The Morgan fingerprint density at radius 2 is 2.03 bits per heavy atom. The molecule has 0 aliphatic carbocycles. The average molecular weight is 446 g/mol. The molecule has 6 bridgehead atoms. The Labute approximate surface area is 193 Å². The summed E-state index contributed by atoms with van der Waals surface area (Å²) >= 11 is 0. The monoisotopic (exact) mass is 445 g/mol. The topological polar surface area (TPSA) is 88.6 Å². The highest BCUT2D eigenvalue weighted by Crippen LogP contribution is 2.36. The van der Waals surface area contributed by atoms with E-state index in [0.29, 0.717) is 24.0 Å². The summed E-state index contributed by atoms with van der Waals surface area (Å²) in [6.07, 6.45) is 3.60. The van der Waals surface area contributed by atoms with Gasteiger partial charge in [-0.25, -0.2) is 9.97 Å². The minimum atomic E-state index is -0.151. The zero-order valence-electron chi connectivity index (χ0n) is 18.8. The van der Waals surface area contributed by atoms with E-state index in [1.54, 1.807) is 20.4 Å². The van der Waals surface area contributed by atoms with E-state index in [9.17, 15) is 4.79 Å². The average Bonchev–Trinajstić information content (AvgIpc) is 3.30. The maximum atomic E-state index is 13.1. The molecular formula is C25H27N5O3. The molecule has 1 atom stereocenters. The van der Waals surface area contributed by atoms with E-state index < -0.39 is 0 Å². The Morgan fingerprint density at radius 3 is 2.88 bits per heavy atom. The second-order valence-electron chi connectivity index (χ2n) is 8.31. The SMILES string of the molecule is COc1cc2cc(c1OC)CNC(=O)[C@@H]1CCCN1Cc1cccc(c1)-c1ccnc(n1)N2. The van der Waals surface area contributed by atoms with Crippen LogP contribution in [0.25, 0.3) is 11.3 Å². The molecule has 5 rings (SSSR count). The minimum absolute atomic E-state index is 0.0312. The zero-order valence-corrected chi connectivity index (χ0v) is 18.8. The van der Waals surface area contributed by atoms with Crippen LogP contribution in [0.2, 0.25) is 0 Å². The number of nitrogens with zero attached hydrogens (tertiary/aromatic N) is 3. The van der Waals surface area contributed by atoms with E-state index in [2.05, 4.69) is 32.7 Å². The number of nitrogens with one attached hydrogen (secondary N) is 2. The van der Waals surface area contributed by atoms with Gasteiger partial charge in [-0.2, -0.15) is 0 Å². The van der Waals surface area contributed by atoms with Crippen LogP contribution in [0.1, 0.15) is 24.0 Å². The summed E-state index contributed by atoms with van der Waals surface area (Å²) in [5.74, 6) is 1.67. The lowest BCUT2D eigenvalue weighted by molar-refractivity contribution is -0.125. The standard InChI is InChI=1S/C25H27N5O3/c1-32-22-13-19-12-18(23(22)33-2)14-27-24(31)21-7-4-10-30(21)15-16-5-3-6-17(11-16)20-8-9-26-25(28-19)29-20/h3,5-6,8-9,11-13,21H,4,7,10,14-15H2,1-2H3,(H,27,31)(H,26,28,29)/t21-/m0/s1. The Morgan fingerprint density at radius 1 is 1.12 bits per heavy atom. The molecule has 8 nitrogen and oxygen atoms in total. The molecule has 3 aromatic rings. The van der Waals surface area contributed by atoms with Gasteiger partial charge in [0.15, 0.2) is 11.5 Å². The van der Waals surface area contributed by atoms with Crippen LogP contribution in [0.4, 0.5) is 11.6 Å². The van der Waals surface area contributed by atoms with E-state index in [1.165, 1.54) is 0 Å². The minimum Gasteiger partial charge on any atom is -0.493 e. The maximum absolute atomic E-state index is 13.1. The van der Waals surface area contributed by atoms with Crippen molar-refractivity contribution >= 4 is 17.5 Å². The van der Waals surface area contributed by atoms with E-state index in [-0.39, 0.29) is 11.9 Å². The van der Waals surface area contributed by atoms with Gasteiger partial charge in [-0.15, -0.1) is 0 Å². The molecule has 8 heteroatoms. The fraction of sp³-hybridized carbons (Fsp3) is 0.320. The quantitative estimate of drug-likeness (QED) is 0.624. The molecule has 0 unspecified atom stereocenters. The molecule has 33 heavy (non-hydrogen) atoms. The highest BCUT2D eigenvalue weighted by atomic mass is 16.5. The van der Waals surface area contributed by atoms with Crippen molar-refractivity contribution in [1.29, 1.82) is 0 Å². The molecule has 170 valence electrons. The van der Waals surface area contributed by atoms with Crippen LogP contribution < -0.4 is 20.1 Å². The van der Waals surface area contributed by atoms with Gasteiger partial charge < -0.3 is 20.1 Å². The van der Waals surface area contributed by atoms with Gasteiger partial charge in [0.05, 0.1) is 26.0 Å². The fourth-order valence-corrected chi connectivity index (χ4v) is 4.63. The Bertz CT molecular complexity index is 1180. The second-order valence-corrected chi connectivity index (χ2v) is 8.31. The van der Waals surface area contributed by atoms with Crippen molar-refractivity contribution in [2.45, 2.75) is 32.0 Å². The largest absolute Gasteiger partial charge is 0.493 e. The molecule has 2 N–H and O–H groups in total. The Hall–Kier alpha value is -3.65. The van der Waals surface area contributed by atoms with Gasteiger partial charge in [0, 0.05) is 42.2 Å². The lowest BCUT2D eigenvalue weighted by Crippen LogP contribution is -2.42. The molecule has 2 aromatic carbocycles. The Balaban J connectivity index is 1.60. The van der Waals surface area contributed by atoms with E-state index in [4.69, 9.17) is 14.5 Å². The first kappa shape index (κ1) is 21.2. The number of benzene rings is 2. The van der Waals surface area contributed by atoms with Crippen molar-refractivity contribution in [3.8, 4) is 22.8 Å². The number of fused-ring (bicyclic) bond motifs is 8. The summed E-state index contributed by atoms with van der Waals surface area (Å²) in [6.45, 7) is 1.94. The summed E-state index contributed by atoms with van der Waals surface area (Å²) in [5, 5.41) is 6.38. The molecule has 0 spiro atoms. The molecule has 2 aliphatic rings. The summed E-state index contributed by atoms with van der Waals surface area (Å²) < 4.78 is 11.2. The van der Waals surface area contributed by atoms with Crippen LogP contribution in [0.5, 0.6) is 11.5 Å². The van der Waals surface area contributed by atoms with E-state index in [0.717, 1.165) is 54.0 Å². The first-order chi connectivity index (χ1) is 16.1. The van der Waals surface area contributed by atoms with Gasteiger partial charge in [-0.3, -0.25) is 9.69 Å². The number of methoxy groups -OCH3 is 2. The number of carbonyl (C=O) groups is 1. The Kier molecular flexibility index (Phi) is 5.83. The molecule has 1 saturated heterocycles. The number of carbonyl (C=O) groups excluding carboxylic acids is 1. The van der Waals surface area contributed by atoms with E-state index >= 15 is 0 Å². The van der Waals surface area contributed by atoms with Crippen molar-refractivity contribution in [3.05, 3.63) is 59.8 Å². The van der Waals surface area contributed by atoms with Crippen molar-refractivity contribution in [2.24, 2.45) is 0 Å². The molecule has 3 heterocycles. The van der Waals surface area contributed by atoms with Gasteiger partial charge in [0.25, 0.3) is 0 Å². The maximum Gasteiger partial charge on any atom is 0.237 e.